The van der Waals surface area contributed by atoms with E-state index in [-0.39, 0.29) is 5.91 Å². The second-order valence-electron chi connectivity index (χ2n) is 8.91. The van der Waals surface area contributed by atoms with Crippen molar-refractivity contribution in [3.63, 3.8) is 0 Å². The van der Waals surface area contributed by atoms with E-state index in [0.29, 0.717) is 24.4 Å². The number of amides is 1. The molecule has 3 unspecified atom stereocenters. The monoisotopic (exact) mass is 355 g/mol. The summed E-state index contributed by atoms with van der Waals surface area (Å²) >= 11 is 0. The molecule has 1 amide bonds. The summed E-state index contributed by atoms with van der Waals surface area (Å²) in [5.74, 6) is 1.54. The van der Waals surface area contributed by atoms with Crippen LogP contribution in [0.25, 0.3) is 0 Å². The topological polar surface area (TPSA) is 44.4 Å². The average Bonchev–Trinajstić information content (AvgIpc) is 2.95. The third-order valence-corrected chi connectivity index (χ3v) is 6.43. The van der Waals surface area contributed by atoms with Crippen LogP contribution in [0.2, 0.25) is 0 Å². The van der Waals surface area contributed by atoms with Crippen molar-refractivity contribution in [1.29, 1.82) is 0 Å². The first-order valence-electron chi connectivity index (χ1n) is 10.5. The van der Waals surface area contributed by atoms with Gasteiger partial charge >= 0.3 is 0 Å². The Morgan fingerprint density at radius 3 is 2.58 bits per heavy atom. The highest BCUT2D eigenvalue weighted by Crippen LogP contribution is 2.32. The molecule has 3 aliphatic heterocycles. The fraction of sp³-hybridized carbons (Fsp3) is 0.682. The maximum Gasteiger partial charge on any atom is 0.224 e. The summed E-state index contributed by atoms with van der Waals surface area (Å²) in [6.45, 7) is 5.78. The van der Waals surface area contributed by atoms with E-state index >= 15 is 0 Å². The van der Waals surface area contributed by atoms with E-state index < -0.39 is 0 Å². The number of hydrogen-bond donors (Lipinski definition) is 2. The van der Waals surface area contributed by atoms with Crippen LogP contribution in [-0.4, -0.2) is 36.0 Å². The van der Waals surface area contributed by atoms with Crippen molar-refractivity contribution in [3.8, 4) is 0 Å². The van der Waals surface area contributed by atoms with Crippen LogP contribution < -0.4 is 10.6 Å². The molecule has 3 fully saturated rings. The number of nitrogens with one attached hydrogen (secondary N) is 2. The smallest absolute Gasteiger partial charge is 0.224 e. The van der Waals surface area contributed by atoms with Gasteiger partial charge in [-0.25, -0.2) is 0 Å². The van der Waals surface area contributed by atoms with Gasteiger partial charge in [-0.1, -0.05) is 19.1 Å². The lowest BCUT2D eigenvalue weighted by Gasteiger charge is -2.30. The highest BCUT2D eigenvalue weighted by molar-refractivity contribution is 5.90. The lowest BCUT2D eigenvalue weighted by atomic mass is 9.89. The van der Waals surface area contributed by atoms with Crippen molar-refractivity contribution in [3.05, 3.63) is 29.8 Å². The number of carbonyl (C=O) groups excluding carboxylic acids is 1. The number of hydrogen-bond acceptors (Lipinski definition) is 3. The lowest BCUT2D eigenvalue weighted by molar-refractivity contribution is -0.117. The molecule has 1 aromatic rings. The molecule has 4 heteroatoms. The van der Waals surface area contributed by atoms with Gasteiger partial charge in [0.2, 0.25) is 5.91 Å². The van der Waals surface area contributed by atoms with Gasteiger partial charge in [-0.2, -0.15) is 0 Å². The molecule has 4 nitrogen and oxygen atoms in total. The predicted molar refractivity (Wildman–Crippen MR) is 106 cm³/mol. The predicted octanol–water partition coefficient (Wildman–Crippen LogP) is 3.78. The molecular formula is C22H33N3O. The molecular weight excluding hydrogens is 322 g/mol. The molecule has 4 rings (SSSR count). The summed E-state index contributed by atoms with van der Waals surface area (Å²) in [5.41, 5.74) is 2.27. The minimum absolute atomic E-state index is 0.175. The highest BCUT2D eigenvalue weighted by Gasteiger charge is 2.34. The number of fused-ring (bicyclic) bond motifs is 2. The SMILES string of the molecule is CC1CCCN(Cc2ccc(NC(=O)CC3CC4CCC(C3)N4)cc2)C1. The Balaban J connectivity index is 1.25. The summed E-state index contributed by atoms with van der Waals surface area (Å²) < 4.78 is 0. The van der Waals surface area contributed by atoms with E-state index in [9.17, 15) is 4.79 Å². The van der Waals surface area contributed by atoms with Crippen molar-refractivity contribution in [2.24, 2.45) is 11.8 Å². The van der Waals surface area contributed by atoms with E-state index in [1.54, 1.807) is 0 Å². The van der Waals surface area contributed by atoms with Crippen molar-refractivity contribution < 1.29 is 4.79 Å². The second-order valence-corrected chi connectivity index (χ2v) is 8.91. The van der Waals surface area contributed by atoms with Gasteiger partial charge in [0.25, 0.3) is 0 Å². The molecule has 0 radical (unpaired) electrons. The Kier molecular flexibility index (Phi) is 5.60. The normalized spacial score (nSPS) is 31.7. The zero-order valence-electron chi connectivity index (χ0n) is 16.0. The zero-order valence-corrected chi connectivity index (χ0v) is 16.0. The van der Waals surface area contributed by atoms with Crippen LogP contribution in [0.15, 0.2) is 24.3 Å². The number of piperidine rings is 2. The first-order chi connectivity index (χ1) is 12.6. The molecule has 3 saturated heterocycles. The fourth-order valence-electron chi connectivity index (χ4n) is 5.20. The third kappa shape index (κ3) is 4.66. The third-order valence-electron chi connectivity index (χ3n) is 6.43. The van der Waals surface area contributed by atoms with Crippen molar-refractivity contribution in [2.45, 2.75) is 70.5 Å². The largest absolute Gasteiger partial charge is 0.326 e. The van der Waals surface area contributed by atoms with Crippen LogP contribution in [0.3, 0.4) is 0 Å². The lowest BCUT2D eigenvalue weighted by Crippen LogP contribution is -2.39. The summed E-state index contributed by atoms with van der Waals surface area (Å²) in [7, 11) is 0. The van der Waals surface area contributed by atoms with Crippen molar-refractivity contribution in [2.75, 3.05) is 18.4 Å². The Hall–Kier alpha value is -1.39. The fourth-order valence-corrected chi connectivity index (χ4v) is 5.20. The molecule has 3 heterocycles. The molecule has 1 aromatic carbocycles. The maximum atomic E-state index is 12.4. The van der Waals surface area contributed by atoms with E-state index in [1.807, 2.05) is 0 Å². The molecule has 2 N–H and O–H groups in total. The van der Waals surface area contributed by atoms with E-state index in [0.717, 1.165) is 31.0 Å². The molecule has 0 aromatic heterocycles. The molecule has 0 saturated carbocycles. The second kappa shape index (κ2) is 8.10. The first-order valence-corrected chi connectivity index (χ1v) is 10.5. The molecule has 3 atom stereocenters. The van der Waals surface area contributed by atoms with Gasteiger partial charge in [0, 0.05) is 37.3 Å². The Bertz CT molecular complexity index is 602. The summed E-state index contributed by atoms with van der Waals surface area (Å²) in [6, 6.07) is 9.77. The van der Waals surface area contributed by atoms with Crippen LogP contribution in [-0.2, 0) is 11.3 Å². The quantitative estimate of drug-likeness (QED) is 0.845. The van der Waals surface area contributed by atoms with Crippen LogP contribution in [0, 0.1) is 11.8 Å². The van der Waals surface area contributed by atoms with E-state index in [1.165, 1.54) is 44.3 Å². The van der Waals surface area contributed by atoms with E-state index in [4.69, 9.17) is 0 Å². The Morgan fingerprint density at radius 2 is 1.88 bits per heavy atom. The number of anilines is 1. The van der Waals surface area contributed by atoms with Gasteiger partial charge < -0.3 is 10.6 Å². The number of rotatable bonds is 5. The molecule has 142 valence electrons. The van der Waals surface area contributed by atoms with Gasteiger partial charge in [0.05, 0.1) is 0 Å². The van der Waals surface area contributed by atoms with Gasteiger partial charge in [-0.05, 0) is 74.6 Å². The van der Waals surface area contributed by atoms with Crippen LogP contribution in [0.5, 0.6) is 0 Å². The highest BCUT2D eigenvalue weighted by atomic mass is 16.1. The van der Waals surface area contributed by atoms with Crippen LogP contribution in [0.1, 0.15) is 57.4 Å². The average molecular weight is 356 g/mol. The standard InChI is InChI=1S/C22H33N3O/c1-16-3-2-10-25(14-16)15-17-4-6-19(7-5-17)24-22(26)13-18-11-20-8-9-21(12-18)23-20/h4-7,16,18,20-21,23H,2-3,8-15H2,1H3,(H,24,26). The Labute approximate surface area is 157 Å². The van der Waals surface area contributed by atoms with Crippen LogP contribution in [0.4, 0.5) is 5.69 Å². The molecule has 0 spiro atoms. The minimum Gasteiger partial charge on any atom is -0.326 e. The molecule has 0 aliphatic carbocycles. The summed E-state index contributed by atoms with van der Waals surface area (Å²) in [5, 5.41) is 6.75. The van der Waals surface area contributed by atoms with Crippen molar-refractivity contribution in [1.82, 2.24) is 10.2 Å². The van der Waals surface area contributed by atoms with E-state index in [2.05, 4.69) is 46.7 Å². The molecule has 3 aliphatic rings. The molecule has 2 bridgehead atoms. The minimum atomic E-state index is 0.175. The Morgan fingerprint density at radius 1 is 1.15 bits per heavy atom. The molecule has 26 heavy (non-hydrogen) atoms. The van der Waals surface area contributed by atoms with Gasteiger partial charge in [0.1, 0.15) is 0 Å². The number of nitrogens with zero attached hydrogens (tertiary/aromatic N) is 1. The summed E-state index contributed by atoms with van der Waals surface area (Å²) in [4.78, 5) is 15.0. The van der Waals surface area contributed by atoms with Crippen LogP contribution >= 0.6 is 0 Å². The van der Waals surface area contributed by atoms with Gasteiger partial charge in [-0.3, -0.25) is 9.69 Å². The van der Waals surface area contributed by atoms with Crippen molar-refractivity contribution >= 4 is 11.6 Å². The maximum absolute atomic E-state index is 12.4. The first kappa shape index (κ1) is 18.0. The number of benzene rings is 1. The summed E-state index contributed by atoms with van der Waals surface area (Å²) in [6.07, 6.45) is 8.25. The number of likely N-dealkylation sites (tertiary alicyclic amines) is 1. The van der Waals surface area contributed by atoms with Gasteiger partial charge in [-0.15, -0.1) is 0 Å². The number of carbonyl (C=O) groups is 1. The van der Waals surface area contributed by atoms with Gasteiger partial charge in [0.15, 0.2) is 0 Å². The zero-order chi connectivity index (χ0) is 17.9.